The molecule has 0 amide bonds. The van der Waals surface area contributed by atoms with E-state index in [-0.39, 0.29) is 22.3 Å². The summed E-state index contributed by atoms with van der Waals surface area (Å²) in [5, 5.41) is 0.263. The van der Waals surface area contributed by atoms with Gasteiger partial charge < -0.3 is 9.47 Å². The van der Waals surface area contributed by atoms with Gasteiger partial charge in [-0.1, -0.05) is 11.6 Å². The van der Waals surface area contributed by atoms with Crippen molar-refractivity contribution in [1.29, 1.82) is 0 Å². The first-order chi connectivity index (χ1) is 9.02. The van der Waals surface area contributed by atoms with Crippen molar-refractivity contribution in [3.63, 3.8) is 0 Å². The molecule has 0 bridgehead atoms. The van der Waals surface area contributed by atoms with Gasteiger partial charge in [-0.05, 0) is 6.42 Å². The third-order valence-electron chi connectivity index (χ3n) is 2.44. The van der Waals surface area contributed by atoms with E-state index in [1.807, 2.05) is 0 Å². The number of hydrogen-bond acceptors (Lipinski definition) is 4. The first kappa shape index (κ1) is 14.6. The summed E-state index contributed by atoms with van der Waals surface area (Å²) in [7, 11) is -3.46. The lowest BCUT2D eigenvalue weighted by molar-refractivity contribution is 0.171. The van der Waals surface area contributed by atoms with E-state index in [9.17, 15) is 8.42 Å². The molecule has 1 heterocycles. The molecule has 2 rings (SSSR count). The van der Waals surface area contributed by atoms with Gasteiger partial charge in [0.15, 0.2) is 11.5 Å². The second-order valence-corrected chi connectivity index (χ2v) is 6.57. The van der Waals surface area contributed by atoms with E-state index in [0.717, 1.165) is 0 Å². The Morgan fingerprint density at radius 3 is 2.47 bits per heavy atom. The Morgan fingerprint density at radius 2 is 1.84 bits per heavy atom. The minimum atomic E-state index is -3.46. The zero-order valence-corrected chi connectivity index (χ0v) is 12.3. The fourth-order valence-corrected chi connectivity index (χ4v) is 3.28. The molecule has 0 unspecified atom stereocenters. The maximum Gasteiger partial charge on any atom is 0.232 e. The quantitative estimate of drug-likeness (QED) is 0.845. The molecule has 0 saturated carbocycles. The fourth-order valence-electron chi connectivity index (χ4n) is 1.61. The predicted molar refractivity (Wildman–Crippen MR) is 75.2 cm³/mol. The number of fused-ring (bicyclic) bond motifs is 1. The zero-order chi connectivity index (χ0) is 13.9. The minimum Gasteiger partial charge on any atom is -0.486 e. The molecule has 1 aliphatic rings. The normalized spacial score (nSPS) is 14.2. The number of alkyl halides is 1. The van der Waals surface area contributed by atoms with Gasteiger partial charge in [0.05, 0.1) is 16.5 Å². The summed E-state index contributed by atoms with van der Waals surface area (Å²) in [6, 6.07) is 3.06. The first-order valence-corrected chi connectivity index (χ1v) is 8.24. The van der Waals surface area contributed by atoms with E-state index in [1.165, 1.54) is 12.1 Å². The van der Waals surface area contributed by atoms with Crippen molar-refractivity contribution in [3.8, 4) is 11.5 Å². The van der Waals surface area contributed by atoms with Gasteiger partial charge in [0, 0.05) is 18.0 Å². The van der Waals surface area contributed by atoms with Gasteiger partial charge in [-0.25, -0.2) is 8.42 Å². The number of halogens is 2. The Kier molecular flexibility index (Phi) is 4.65. The highest BCUT2D eigenvalue weighted by atomic mass is 35.5. The fraction of sp³-hybridized carbons (Fsp3) is 0.455. The maximum absolute atomic E-state index is 11.8. The highest BCUT2D eigenvalue weighted by molar-refractivity contribution is 7.92. The molecule has 0 atom stereocenters. The standard InChI is InChI=1S/C11H13Cl2NO4S/c12-2-1-5-19(15,16)14-9-7-11-10(6-8(9)13)17-3-4-18-11/h6-7,14H,1-5H2. The van der Waals surface area contributed by atoms with Gasteiger partial charge in [0.1, 0.15) is 13.2 Å². The summed E-state index contributed by atoms with van der Waals surface area (Å²) in [4.78, 5) is 0. The van der Waals surface area contributed by atoms with E-state index in [1.54, 1.807) is 0 Å². The van der Waals surface area contributed by atoms with Crippen LogP contribution < -0.4 is 14.2 Å². The number of anilines is 1. The van der Waals surface area contributed by atoms with Crippen molar-refractivity contribution in [2.45, 2.75) is 6.42 Å². The van der Waals surface area contributed by atoms with Crippen LogP contribution in [0.5, 0.6) is 11.5 Å². The monoisotopic (exact) mass is 325 g/mol. The van der Waals surface area contributed by atoms with Crippen LogP contribution in [0.1, 0.15) is 6.42 Å². The average molecular weight is 326 g/mol. The molecule has 0 saturated heterocycles. The third kappa shape index (κ3) is 3.81. The van der Waals surface area contributed by atoms with Crippen LogP contribution in [-0.2, 0) is 10.0 Å². The molecule has 0 aliphatic carbocycles. The van der Waals surface area contributed by atoms with E-state index in [4.69, 9.17) is 32.7 Å². The number of hydrogen-bond donors (Lipinski definition) is 1. The Hall–Kier alpha value is -0.850. The molecular weight excluding hydrogens is 313 g/mol. The smallest absolute Gasteiger partial charge is 0.232 e. The summed E-state index contributed by atoms with van der Waals surface area (Å²) in [6.45, 7) is 0.872. The van der Waals surface area contributed by atoms with E-state index in [0.29, 0.717) is 31.1 Å². The average Bonchev–Trinajstić information content (AvgIpc) is 2.37. The Bertz CT molecular complexity index is 562. The zero-order valence-electron chi connectivity index (χ0n) is 9.99. The molecule has 106 valence electrons. The highest BCUT2D eigenvalue weighted by Gasteiger charge is 2.18. The molecule has 8 heteroatoms. The van der Waals surface area contributed by atoms with Gasteiger partial charge in [-0.3, -0.25) is 4.72 Å². The van der Waals surface area contributed by atoms with Crippen molar-refractivity contribution in [2.75, 3.05) is 29.6 Å². The Labute approximate surface area is 121 Å². The number of ether oxygens (including phenoxy) is 2. The van der Waals surface area contributed by atoms with Crippen LogP contribution in [0.2, 0.25) is 5.02 Å². The minimum absolute atomic E-state index is 0.0543. The molecule has 1 aliphatic heterocycles. The van der Waals surface area contributed by atoms with Crippen molar-refractivity contribution in [2.24, 2.45) is 0 Å². The van der Waals surface area contributed by atoms with Gasteiger partial charge in [0.25, 0.3) is 0 Å². The molecule has 1 aromatic carbocycles. The number of benzene rings is 1. The van der Waals surface area contributed by atoms with Crippen LogP contribution in [0, 0.1) is 0 Å². The van der Waals surface area contributed by atoms with Crippen molar-refractivity contribution < 1.29 is 17.9 Å². The van der Waals surface area contributed by atoms with Crippen LogP contribution >= 0.6 is 23.2 Å². The van der Waals surface area contributed by atoms with Crippen LogP contribution in [0.4, 0.5) is 5.69 Å². The van der Waals surface area contributed by atoms with E-state index < -0.39 is 10.0 Å². The molecule has 1 N–H and O–H groups in total. The van der Waals surface area contributed by atoms with Crippen molar-refractivity contribution >= 4 is 38.9 Å². The first-order valence-electron chi connectivity index (χ1n) is 5.67. The van der Waals surface area contributed by atoms with E-state index >= 15 is 0 Å². The molecular formula is C11H13Cl2NO4S. The predicted octanol–water partition coefficient (Wildman–Crippen LogP) is 2.48. The third-order valence-corrected chi connectivity index (χ3v) is 4.38. The summed E-state index contributed by atoms with van der Waals surface area (Å²) >= 11 is 11.5. The number of rotatable bonds is 5. The molecule has 0 radical (unpaired) electrons. The topological polar surface area (TPSA) is 64.6 Å². The molecule has 1 aromatic rings. The SMILES string of the molecule is O=S(=O)(CCCCl)Nc1cc2c(cc1Cl)OCCO2. The summed E-state index contributed by atoms with van der Waals surface area (Å²) < 4.78 is 36.7. The summed E-state index contributed by atoms with van der Waals surface area (Å²) in [5.74, 6) is 1.22. The van der Waals surface area contributed by atoms with Crippen molar-refractivity contribution in [1.82, 2.24) is 0 Å². The molecule has 19 heavy (non-hydrogen) atoms. The second kappa shape index (κ2) is 6.07. The lowest BCUT2D eigenvalue weighted by Crippen LogP contribution is -2.19. The van der Waals surface area contributed by atoms with Gasteiger partial charge >= 0.3 is 0 Å². The van der Waals surface area contributed by atoms with Gasteiger partial charge in [-0.2, -0.15) is 0 Å². The molecule has 0 fully saturated rings. The van der Waals surface area contributed by atoms with Crippen LogP contribution in [-0.4, -0.2) is 33.3 Å². The second-order valence-electron chi connectivity index (χ2n) is 3.94. The van der Waals surface area contributed by atoms with Gasteiger partial charge in [-0.15, -0.1) is 11.6 Å². The highest BCUT2D eigenvalue weighted by Crippen LogP contribution is 2.38. The number of sulfonamides is 1. The van der Waals surface area contributed by atoms with E-state index in [2.05, 4.69) is 4.72 Å². The number of nitrogens with one attached hydrogen (secondary N) is 1. The lowest BCUT2D eigenvalue weighted by Gasteiger charge is -2.20. The van der Waals surface area contributed by atoms with Crippen LogP contribution in [0.3, 0.4) is 0 Å². The Balaban J connectivity index is 2.21. The Morgan fingerprint density at radius 1 is 1.21 bits per heavy atom. The molecule has 0 spiro atoms. The molecule has 5 nitrogen and oxygen atoms in total. The van der Waals surface area contributed by atoms with Crippen LogP contribution in [0.25, 0.3) is 0 Å². The summed E-state index contributed by atoms with van der Waals surface area (Å²) in [6.07, 6.45) is 0.374. The maximum atomic E-state index is 11.8. The lowest BCUT2D eigenvalue weighted by atomic mass is 10.2. The van der Waals surface area contributed by atoms with Crippen LogP contribution in [0.15, 0.2) is 12.1 Å². The van der Waals surface area contributed by atoms with Crippen molar-refractivity contribution in [3.05, 3.63) is 17.2 Å². The van der Waals surface area contributed by atoms with Gasteiger partial charge in [0.2, 0.25) is 10.0 Å². The molecule has 0 aromatic heterocycles. The largest absolute Gasteiger partial charge is 0.486 e. The summed E-state index contributed by atoms with van der Waals surface area (Å²) in [5.41, 5.74) is 0.278.